The summed E-state index contributed by atoms with van der Waals surface area (Å²) in [6, 6.07) is 12.9. The summed E-state index contributed by atoms with van der Waals surface area (Å²) in [7, 11) is 0. The summed E-state index contributed by atoms with van der Waals surface area (Å²) >= 11 is 0. The fourth-order valence-electron chi connectivity index (χ4n) is 3.17. The molecule has 0 radical (unpaired) electrons. The van der Waals surface area contributed by atoms with Crippen molar-refractivity contribution < 1.29 is 5.11 Å². The Bertz CT molecular complexity index is 1330. The van der Waals surface area contributed by atoms with Crippen molar-refractivity contribution in [2.75, 3.05) is 5.32 Å². The van der Waals surface area contributed by atoms with E-state index in [1.807, 2.05) is 6.07 Å². The second-order valence-electron chi connectivity index (χ2n) is 6.91. The molecule has 0 bridgehead atoms. The summed E-state index contributed by atoms with van der Waals surface area (Å²) in [6.07, 6.45) is 4.64. The van der Waals surface area contributed by atoms with Crippen molar-refractivity contribution in [3.8, 4) is 11.7 Å². The maximum absolute atomic E-state index is 12.6. The molecule has 0 saturated heterocycles. The highest BCUT2D eigenvalue weighted by Crippen LogP contribution is 2.28. The van der Waals surface area contributed by atoms with Crippen LogP contribution >= 0.6 is 0 Å². The van der Waals surface area contributed by atoms with E-state index in [0.29, 0.717) is 28.2 Å². The topological polar surface area (TPSA) is 159 Å². The third kappa shape index (κ3) is 4.24. The zero-order chi connectivity index (χ0) is 22.7. The second kappa shape index (κ2) is 8.56. The Balaban J connectivity index is 1.79. The highest BCUT2D eigenvalue weighted by Gasteiger charge is 2.22. The molecule has 0 aliphatic rings. The predicted octanol–water partition coefficient (Wildman–Crippen LogP) is 2.18. The van der Waals surface area contributed by atoms with Gasteiger partial charge in [-0.2, -0.15) is 0 Å². The fourth-order valence-corrected chi connectivity index (χ4v) is 3.17. The summed E-state index contributed by atoms with van der Waals surface area (Å²) in [4.78, 5) is 23.5. The van der Waals surface area contributed by atoms with Crippen LogP contribution < -0.4 is 16.7 Å². The number of anilines is 1. The first kappa shape index (κ1) is 20.5. The van der Waals surface area contributed by atoms with Gasteiger partial charge in [0.25, 0.3) is 5.95 Å². The minimum atomic E-state index is -0.637. The van der Waals surface area contributed by atoms with Crippen molar-refractivity contribution in [2.45, 2.75) is 6.04 Å². The monoisotopic (exact) mass is 428 g/mol. The van der Waals surface area contributed by atoms with Crippen molar-refractivity contribution in [3.63, 3.8) is 0 Å². The molecule has 2 heterocycles. The number of nitrogens with zero attached hydrogens (tertiary/aromatic N) is 4. The van der Waals surface area contributed by atoms with Crippen molar-refractivity contribution in [1.82, 2.24) is 24.7 Å². The zero-order valence-corrected chi connectivity index (χ0v) is 16.9. The van der Waals surface area contributed by atoms with E-state index in [1.165, 1.54) is 12.4 Å². The van der Waals surface area contributed by atoms with Gasteiger partial charge in [0.05, 0.1) is 0 Å². The third-order valence-electron chi connectivity index (χ3n) is 4.69. The van der Waals surface area contributed by atoms with Gasteiger partial charge in [-0.25, -0.2) is 14.8 Å². The summed E-state index contributed by atoms with van der Waals surface area (Å²) in [5, 5.41) is 25.4. The van der Waals surface area contributed by atoms with Crippen LogP contribution in [0.5, 0.6) is 5.75 Å². The molecule has 0 spiro atoms. The van der Waals surface area contributed by atoms with Crippen molar-refractivity contribution >= 4 is 17.6 Å². The van der Waals surface area contributed by atoms with E-state index in [4.69, 9.17) is 11.1 Å². The van der Waals surface area contributed by atoms with Gasteiger partial charge < -0.3 is 16.2 Å². The maximum atomic E-state index is 12.6. The molecule has 6 N–H and O–H groups in total. The van der Waals surface area contributed by atoms with Crippen LogP contribution in [-0.2, 0) is 0 Å². The van der Waals surface area contributed by atoms with Crippen molar-refractivity contribution in [1.29, 1.82) is 5.41 Å². The molecule has 2 aromatic carbocycles. The van der Waals surface area contributed by atoms with Gasteiger partial charge >= 0.3 is 5.69 Å². The highest BCUT2D eigenvalue weighted by atomic mass is 16.3. The van der Waals surface area contributed by atoms with E-state index >= 15 is 0 Å². The molecule has 1 unspecified atom stereocenters. The molecule has 10 nitrogen and oxygen atoms in total. The molecule has 32 heavy (non-hydrogen) atoms. The van der Waals surface area contributed by atoms with Crippen LogP contribution in [0.2, 0.25) is 0 Å². The maximum Gasteiger partial charge on any atom is 0.350 e. The number of nitrogens with two attached hydrogens (primary N) is 1. The van der Waals surface area contributed by atoms with E-state index < -0.39 is 11.7 Å². The molecule has 4 aromatic rings. The average molecular weight is 428 g/mol. The Morgan fingerprint density at radius 1 is 1.22 bits per heavy atom. The largest absolute Gasteiger partial charge is 0.508 e. The lowest BCUT2D eigenvalue weighted by molar-refractivity contribution is 0.474. The highest BCUT2D eigenvalue weighted by molar-refractivity contribution is 5.95. The van der Waals surface area contributed by atoms with Crippen molar-refractivity contribution in [3.05, 3.63) is 101 Å². The van der Waals surface area contributed by atoms with Crippen LogP contribution in [0.1, 0.15) is 28.6 Å². The molecule has 2 aromatic heterocycles. The normalized spacial score (nSPS) is 11.6. The molecular formula is C22H20N8O2. The van der Waals surface area contributed by atoms with Gasteiger partial charge in [0.2, 0.25) is 0 Å². The predicted molar refractivity (Wildman–Crippen MR) is 121 cm³/mol. The lowest BCUT2D eigenvalue weighted by Gasteiger charge is -2.19. The number of amidine groups is 1. The summed E-state index contributed by atoms with van der Waals surface area (Å²) in [6.45, 7) is 3.76. The number of H-pyrrole nitrogens is 1. The first-order valence-corrected chi connectivity index (χ1v) is 9.58. The molecule has 0 aliphatic heterocycles. The SMILES string of the molecule is C=Cc1cc(O)cc(C(Nc2ccc(C(=N)N)cc2)c2nn(-c3ncccn3)c(=O)[nH]2)c1. The lowest BCUT2D eigenvalue weighted by atomic mass is 10.0. The molecule has 0 amide bonds. The summed E-state index contributed by atoms with van der Waals surface area (Å²) in [5.74, 6) is 0.429. The van der Waals surface area contributed by atoms with E-state index in [9.17, 15) is 9.90 Å². The molecule has 160 valence electrons. The summed E-state index contributed by atoms with van der Waals surface area (Å²) in [5.41, 5.74) is 7.64. The number of aromatic amines is 1. The molecule has 0 saturated carbocycles. The standard InChI is InChI=1S/C22H20N8O2/c1-2-13-10-15(12-17(31)11-13)18(27-16-6-4-14(5-7-16)19(23)24)20-28-22(32)30(29-20)21-25-8-3-9-26-21/h2-12,18,27,31H,1H2,(H3,23,24)(H,28,29,32). The fraction of sp³-hybridized carbons (Fsp3) is 0.0455. The number of phenolic OH excluding ortho intramolecular Hbond substituents is 1. The van der Waals surface area contributed by atoms with Crippen LogP contribution in [0.15, 0.2) is 72.3 Å². The van der Waals surface area contributed by atoms with Gasteiger partial charge in [-0.1, -0.05) is 12.7 Å². The smallest absolute Gasteiger partial charge is 0.350 e. The van der Waals surface area contributed by atoms with E-state index in [-0.39, 0.29) is 17.5 Å². The van der Waals surface area contributed by atoms with Crippen LogP contribution in [0.25, 0.3) is 12.0 Å². The average Bonchev–Trinajstić information content (AvgIpc) is 3.19. The minimum Gasteiger partial charge on any atom is -0.508 e. The number of nitrogens with one attached hydrogen (secondary N) is 3. The van der Waals surface area contributed by atoms with Gasteiger partial charge in [0.15, 0.2) is 5.82 Å². The zero-order valence-electron chi connectivity index (χ0n) is 16.9. The first-order valence-electron chi connectivity index (χ1n) is 9.58. The Hall–Kier alpha value is -4.73. The Labute approximate surface area is 182 Å². The van der Waals surface area contributed by atoms with Gasteiger partial charge in [-0.05, 0) is 59.7 Å². The number of benzene rings is 2. The van der Waals surface area contributed by atoms with E-state index in [0.717, 1.165) is 4.68 Å². The molecule has 4 rings (SSSR count). The number of aromatic hydroxyl groups is 1. The van der Waals surface area contributed by atoms with Gasteiger partial charge in [-0.15, -0.1) is 9.78 Å². The van der Waals surface area contributed by atoms with Crippen LogP contribution in [0, 0.1) is 5.41 Å². The molecule has 0 fully saturated rings. The number of hydrogen-bond acceptors (Lipinski definition) is 7. The number of rotatable bonds is 7. The van der Waals surface area contributed by atoms with Crippen molar-refractivity contribution in [2.24, 2.45) is 5.73 Å². The molecular weight excluding hydrogens is 408 g/mol. The van der Waals surface area contributed by atoms with Crippen LogP contribution in [-0.4, -0.2) is 35.7 Å². The Kier molecular flexibility index (Phi) is 5.49. The van der Waals surface area contributed by atoms with Gasteiger partial charge in [0.1, 0.15) is 17.6 Å². The number of aromatic nitrogens is 5. The Morgan fingerprint density at radius 3 is 2.59 bits per heavy atom. The Morgan fingerprint density at radius 2 is 1.94 bits per heavy atom. The third-order valence-corrected chi connectivity index (χ3v) is 4.69. The van der Waals surface area contributed by atoms with Crippen LogP contribution in [0.3, 0.4) is 0 Å². The number of nitrogen functional groups attached to an aromatic ring is 1. The summed E-state index contributed by atoms with van der Waals surface area (Å²) < 4.78 is 1.07. The van der Waals surface area contributed by atoms with Crippen LogP contribution in [0.4, 0.5) is 5.69 Å². The van der Waals surface area contributed by atoms with E-state index in [1.54, 1.807) is 48.5 Å². The molecule has 1 atom stereocenters. The molecule has 10 heteroatoms. The van der Waals surface area contributed by atoms with E-state index in [2.05, 4.69) is 31.9 Å². The second-order valence-corrected chi connectivity index (χ2v) is 6.91. The van der Waals surface area contributed by atoms with Gasteiger partial charge in [0, 0.05) is 23.6 Å². The number of hydrogen-bond donors (Lipinski definition) is 5. The van der Waals surface area contributed by atoms with Gasteiger partial charge in [-0.3, -0.25) is 10.4 Å². The lowest BCUT2D eigenvalue weighted by Crippen LogP contribution is -2.18. The minimum absolute atomic E-state index is 0.0392. The molecule has 0 aliphatic carbocycles. The quantitative estimate of drug-likeness (QED) is 0.223. The first-order chi connectivity index (χ1) is 15.4. The number of phenols is 1.